The molecule has 0 saturated carbocycles. The molecule has 1 heterocycles. The zero-order chi connectivity index (χ0) is 22.0. The fourth-order valence-corrected chi connectivity index (χ4v) is 4.66. The molecular weight excluding hydrogens is 408 g/mol. The summed E-state index contributed by atoms with van der Waals surface area (Å²) < 4.78 is 23.0. The zero-order valence-corrected chi connectivity index (χ0v) is 18.6. The standard InChI is InChI=1S/C25H26N2O3S/c1-17-14-19(16-18-8-4-3-5-9-18)24-21(15-17)23(20-10-6-7-11-22(20)27-24)25(28)26-12-13-31(2,29)30/h3-11,16-17H,12-15H2,1-2H3,(H,26,28)/b19-16-. The number of carbonyl (C=O) groups is 1. The van der Waals surface area contributed by atoms with Crippen LogP contribution >= 0.6 is 0 Å². The first kappa shape index (κ1) is 21.2. The molecule has 5 nitrogen and oxygen atoms in total. The van der Waals surface area contributed by atoms with Crippen LogP contribution in [0.25, 0.3) is 22.6 Å². The third kappa shape index (κ3) is 4.85. The molecule has 31 heavy (non-hydrogen) atoms. The lowest BCUT2D eigenvalue weighted by Gasteiger charge is -2.27. The molecule has 1 unspecified atom stereocenters. The van der Waals surface area contributed by atoms with Crippen LogP contribution in [0.15, 0.2) is 54.6 Å². The van der Waals surface area contributed by atoms with Crippen LogP contribution in [-0.2, 0) is 16.3 Å². The summed E-state index contributed by atoms with van der Waals surface area (Å²) in [6.07, 6.45) is 4.98. The van der Waals surface area contributed by atoms with Gasteiger partial charge in [0.05, 0.1) is 22.5 Å². The van der Waals surface area contributed by atoms with Crippen LogP contribution in [0.1, 0.15) is 40.5 Å². The minimum atomic E-state index is -3.15. The average molecular weight is 435 g/mol. The maximum Gasteiger partial charge on any atom is 0.252 e. The van der Waals surface area contributed by atoms with Crippen molar-refractivity contribution < 1.29 is 13.2 Å². The highest BCUT2D eigenvalue weighted by Crippen LogP contribution is 2.38. The van der Waals surface area contributed by atoms with E-state index in [2.05, 4.69) is 30.4 Å². The van der Waals surface area contributed by atoms with Gasteiger partial charge in [0.2, 0.25) is 0 Å². The van der Waals surface area contributed by atoms with E-state index in [1.807, 2.05) is 42.5 Å². The van der Waals surface area contributed by atoms with Gasteiger partial charge in [0, 0.05) is 18.2 Å². The first-order chi connectivity index (χ1) is 14.8. The van der Waals surface area contributed by atoms with E-state index in [-0.39, 0.29) is 18.2 Å². The highest BCUT2D eigenvalue weighted by Gasteiger charge is 2.28. The summed E-state index contributed by atoms with van der Waals surface area (Å²) in [7, 11) is -3.15. The predicted molar refractivity (Wildman–Crippen MR) is 126 cm³/mol. The Morgan fingerprint density at radius 3 is 2.55 bits per heavy atom. The number of rotatable bonds is 5. The van der Waals surface area contributed by atoms with Crippen molar-refractivity contribution in [3.8, 4) is 0 Å². The van der Waals surface area contributed by atoms with Crippen molar-refractivity contribution in [2.45, 2.75) is 19.8 Å². The molecule has 1 aliphatic rings. The van der Waals surface area contributed by atoms with E-state index < -0.39 is 9.84 Å². The summed E-state index contributed by atoms with van der Waals surface area (Å²) in [6, 6.07) is 17.8. The van der Waals surface area contributed by atoms with Gasteiger partial charge in [-0.2, -0.15) is 0 Å². The highest BCUT2D eigenvalue weighted by molar-refractivity contribution is 7.90. The summed E-state index contributed by atoms with van der Waals surface area (Å²) >= 11 is 0. The van der Waals surface area contributed by atoms with Crippen molar-refractivity contribution in [1.29, 1.82) is 0 Å². The van der Waals surface area contributed by atoms with Gasteiger partial charge in [0.15, 0.2) is 0 Å². The van der Waals surface area contributed by atoms with E-state index in [9.17, 15) is 13.2 Å². The number of fused-ring (bicyclic) bond motifs is 2. The minimum absolute atomic E-state index is 0.0838. The SMILES string of the molecule is CC1C/C(=C/c2ccccc2)c2nc3ccccc3c(C(=O)NCCS(C)(=O)=O)c2C1. The number of pyridine rings is 1. The summed E-state index contributed by atoms with van der Waals surface area (Å²) in [6.45, 7) is 2.27. The second kappa shape index (κ2) is 8.63. The monoisotopic (exact) mass is 434 g/mol. The maximum atomic E-state index is 13.2. The normalized spacial score (nSPS) is 17.5. The average Bonchev–Trinajstić information content (AvgIpc) is 2.72. The molecule has 0 bridgehead atoms. The first-order valence-electron chi connectivity index (χ1n) is 10.5. The van der Waals surface area contributed by atoms with E-state index in [4.69, 9.17) is 4.98 Å². The van der Waals surface area contributed by atoms with Crippen LogP contribution in [0.4, 0.5) is 0 Å². The Morgan fingerprint density at radius 1 is 1.10 bits per heavy atom. The van der Waals surface area contributed by atoms with Crippen LogP contribution in [0.2, 0.25) is 0 Å². The Balaban J connectivity index is 1.84. The second-order valence-corrected chi connectivity index (χ2v) is 10.6. The lowest BCUT2D eigenvalue weighted by Crippen LogP contribution is -2.31. The number of hydrogen-bond acceptors (Lipinski definition) is 4. The molecule has 0 fully saturated rings. The first-order valence-corrected chi connectivity index (χ1v) is 12.5. The molecule has 2 aromatic carbocycles. The molecule has 1 atom stereocenters. The maximum absolute atomic E-state index is 13.2. The van der Waals surface area contributed by atoms with Gasteiger partial charge in [-0.3, -0.25) is 4.79 Å². The number of benzene rings is 2. The fraction of sp³-hybridized carbons (Fsp3) is 0.280. The number of nitrogens with zero attached hydrogens (tertiary/aromatic N) is 1. The highest BCUT2D eigenvalue weighted by atomic mass is 32.2. The summed E-state index contributed by atoms with van der Waals surface area (Å²) in [5, 5.41) is 3.61. The summed E-state index contributed by atoms with van der Waals surface area (Å²) in [5.74, 6) is 0.0409. The molecule has 1 aliphatic carbocycles. The molecule has 3 aromatic rings. The summed E-state index contributed by atoms with van der Waals surface area (Å²) in [4.78, 5) is 18.2. The molecule has 160 valence electrons. The van der Waals surface area contributed by atoms with Gasteiger partial charge < -0.3 is 5.32 Å². The third-order valence-electron chi connectivity index (χ3n) is 5.54. The predicted octanol–water partition coefficient (Wildman–Crippen LogP) is 4.13. The molecule has 1 amide bonds. The number of sulfone groups is 1. The van der Waals surface area contributed by atoms with E-state index >= 15 is 0 Å². The van der Waals surface area contributed by atoms with Gasteiger partial charge in [-0.1, -0.05) is 55.5 Å². The number of allylic oxidation sites excluding steroid dienone is 1. The Hall–Kier alpha value is -2.99. The molecule has 1 N–H and O–H groups in total. The molecular formula is C25H26N2O3S. The molecule has 0 saturated heterocycles. The van der Waals surface area contributed by atoms with Crippen molar-refractivity contribution in [1.82, 2.24) is 10.3 Å². The van der Waals surface area contributed by atoms with Crippen molar-refractivity contribution in [2.24, 2.45) is 5.92 Å². The van der Waals surface area contributed by atoms with Crippen molar-refractivity contribution in [3.63, 3.8) is 0 Å². The Labute approximate surface area is 183 Å². The van der Waals surface area contributed by atoms with Crippen LogP contribution in [0.5, 0.6) is 0 Å². The molecule has 4 rings (SSSR count). The smallest absolute Gasteiger partial charge is 0.252 e. The van der Waals surface area contributed by atoms with E-state index in [1.165, 1.54) is 6.26 Å². The molecule has 1 aromatic heterocycles. The van der Waals surface area contributed by atoms with E-state index in [1.54, 1.807) is 0 Å². The lowest BCUT2D eigenvalue weighted by atomic mass is 9.80. The van der Waals surface area contributed by atoms with Crippen LogP contribution in [0, 0.1) is 5.92 Å². The largest absolute Gasteiger partial charge is 0.351 e. The Morgan fingerprint density at radius 2 is 1.81 bits per heavy atom. The number of aromatic nitrogens is 1. The zero-order valence-electron chi connectivity index (χ0n) is 17.8. The topological polar surface area (TPSA) is 76.1 Å². The van der Waals surface area contributed by atoms with Gasteiger partial charge in [-0.05, 0) is 47.6 Å². The van der Waals surface area contributed by atoms with Crippen LogP contribution in [0.3, 0.4) is 0 Å². The van der Waals surface area contributed by atoms with Crippen molar-refractivity contribution in [3.05, 3.63) is 77.0 Å². The number of hydrogen-bond donors (Lipinski definition) is 1. The molecule has 0 spiro atoms. The molecule has 0 aliphatic heterocycles. The van der Waals surface area contributed by atoms with Gasteiger partial charge >= 0.3 is 0 Å². The van der Waals surface area contributed by atoms with Gasteiger partial charge in [0.25, 0.3) is 5.91 Å². The van der Waals surface area contributed by atoms with Gasteiger partial charge in [-0.25, -0.2) is 13.4 Å². The van der Waals surface area contributed by atoms with Crippen LogP contribution < -0.4 is 5.32 Å². The molecule has 6 heteroatoms. The third-order valence-corrected chi connectivity index (χ3v) is 6.49. The fourth-order valence-electron chi connectivity index (χ4n) is 4.18. The van der Waals surface area contributed by atoms with Crippen molar-refractivity contribution in [2.75, 3.05) is 18.6 Å². The van der Waals surface area contributed by atoms with Crippen LogP contribution in [-0.4, -0.2) is 37.9 Å². The minimum Gasteiger partial charge on any atom is -0.351 e. The van der Waals surface area contributed by atoms with Gasteiger partial charge in [-0.15, -0.1) is 0 Å². The molecule has 0 radical (unpaired) electrons. The Kier molecular flexibility index (Phi) is 5.92. The number of amides is 1. The Bertz CT molecular complexity index is 1260. The van der Waals surface area contributed by atoms with Gasteiger partial charge in [0.1, 0.15) is 9.84 Å². The number of carbonyl (C=O) groups excluding carboxylic acids is 1. The van der Waals surface area contributed by atoms with E-state index in [0.717, 1.165) is 46.1 Å². The number of nitrogens with one attached hydrogen (secondary N) is 1. The lowest BCUT2D eigenvalue weighted by molar-refractivity contribution is 0.0956. The second-order valence-electron chi connectivity index (χ2n) is 8.31. The quantitative estimate of drug-likeness (QED) is 0.655. The number of para-hydroxylation sites is 1. The summed E-state index contributed by atoms with van der Waals surface area (Å²) in [5.41, 5.74) is 5.41. The van der Waals surface area contributed by atoms with Crippen molar-refractivity contribution >= 4 is 38.3 Å². The van der Waals surface area contributed by atoms with E-state index in [0.29, 0.717) is 11.5 Å².